The number of rotatable bonds is 1. The molecule has 0 aromatic carbocycles. The summed E-state index contributed by atoms with van der Waals surface area (Å²) >= 11 is 0. The van der Waals surface area contributed by atoms with Gasteiger partial charge in [-0.3, -0.25) is 4.57 Å². The number of hydrogen-bond donors (Lipinski definition) is 2. The van der Waals surface area contributed by atoms with E-state index in [0.717, 1.165) is 34.4 Å². The Kier molecular flexibility index (Phi) is 2.37. The molecule has 0 aliphatic heterocycles. The largest absolute Gasteiger partial charge is 0.346 e. The summed E-state index contributed by atoms with van der Waals surface area (Å²) in [5.41, 5.74) is 3.13. The number of aromatic amines is 2. The summed E-state index contributed by atoms with van der Waals surface area (Å²) in [5.74, 6) is 1.97. The Morgan fingerprint density at radius 2 is 2.17 bits per heavy atom. The summed E-state index contributed by atoms with van der Waals surface area (Å²) in [5, 5.41) is 1.03. The molecule has 2 N–H and O–H groups in total. The summed E-state index contributed by atoms with van der Waals surface area (Å²) in [7, 11) is 0. The minimum atomic E-state index is 0.00598. The quantitative estimate of drug-likeness (QED) is 0.723. The van der Waals surface area contributed by atoms with E-state index in [0.29, 0.717) is 17.3 Å². The highest BCUT2D eigenvalue weighted by molar-refractivity contribution is 6.00. The van der Waals surface area contributed by atoms with E-state index >= 15 is 0 Å². The van der Waals surface area contributed by atoms with Crippen LogP contribution in [0.25, 0.3) is 22.1 Å². The lowest BCUT2D eigenvalue weighted by molar-refractivity contribution is -0.123. The van der Waals surface area contributed by atoms with Gasteiger partial charge >= 0.3 is 5.69 Å². The van der Waals surface area contributed by atoms with Crippen molar-refractivity contribution in [1.29, 1.82) is 0 Å². The van der Waals surface area contributed by atoms with Crippen LogP contribution in [0.3, 0.4) is 0 Å². The molecule has 0 radical (unpaired) electrons. The topological polar surface area (TPSA) is 66.5 Å². The van der Waals surface area contributed by atoms with Gasteiger partial charge in [0, 0.05) is 17.6 Å². The van der Waals surface area contributed by atoms with Crippen molar-refractivity contribution in [2.75, 3.05) is 0 Å². The molecule has 0 spiro atoms. The van der Waals surface area contributed by atoms with Crippen LogP contribution < -0.4 is 5.69 Å². The third-order valence-electron chi connectivity index (χ3n) is 6.91. The van der Waals surface area contributed by atoms with Crippen molar-refractivity contribution >= 4 is 22.1 Å². The number of nitrogens with one attached hydrogen (secondary N) is 2. The second-order valence-corrected chi connectivity index (χ2v) is 8.08. The molecule has 0 saturated heterocycles. The molecule has 23 heavy (non-hydrogen) atoms. The molecule has 3 aliphatic carbocycles. The third-order valence-corrected chi connectivity index (χ3v) is 6.91. The smallest absolute Gasteiger partial charge is 0.326 e. The SMILES string of the molecule is C[C@H]1[C@H](n2c(=O)[nH]c3cnc4[nH]ccc4c32)C[C@@H]2C[C@H]1C2(C)C. The standard InChI is InChI=1S/C18H22N4O/c1-9-12-6-10(18(12,2)3)7-14(9)22-15-11-4-5-19-16(11)20-8-13(15)21-17(22)23/h4-5,8-10,12,14H,6-7H2,1-3H3,(H,19,20)(H,21,23)/t9-,10+,12-,14-/m1/s1. The van der Waals surface area contributed by atoms with Crippen molar-refractivity contribution in [1.82, 2.24) is 19.5 Å². The van der Waals surface area contributed by atoms with Gasteiger partial charge in [-0.2, -0.15) is 0 Å². The van der Waals surface area contributed by atoms with Crippen LogP contribution in [0.4, 0.5) is 0 Å². The number of imidazole rings is 1. The Morgan fingerprint density at radius 1 is 1.35 bits per heavy atom. The molecule has 120 valence electrons. The number of H-pyrrole nitrogens is 2. The fourth-order valence-corrected chi connectivity index (χ4v) is 5.40. The molecule has 0 unspecified atom stereocenters. The second kappa shape index (κ2) is 4.08. The Hall–Kier alpha value is -2.04. The molecule has 5 heteroatoms. The fourth-order valence-electron chi connectivity index (χ4n) is 5.40. The maximum absolute atomic E-state index is 12.7. The minimum absolute atomic E-state index is 0.00598. The van der Waals surface area contributed by atoms with Gasteiger partial charge < -0.3 is 9.97 Å². The molecule has 3 aromatic rings. The zero-order valence-electron chi connectivity index (χ0n) is 13.8. The van der Waals surface area contributed by atoms with Crippen molar-refractivity contribution in [3.63, 3.8) is 0 Å². The van der Waals surface area contributed by atoms with E-state index in [1.54, 1.807) is 6.20 Å². The van der Waals surface area contributed by atoms with E-state index < -0.39 is 0 Å². The second-order valence-electron chi connectivity index (χ2n) is 8.08. The molecule has 3 heterocycles. The summed E-state index contributed by atoms with van der Waals surface area (Å²) in [4.78, 5) is 23.3. The Bertz CT molecular complexity index is 976. The van der Waals surface area contributed by atoms with E-state index in [4.69, 9.17) is 0 Å². The highest BCUT2D eigenvalue weighted by atomic mass is 16.1. The first kappa shape index (κ1) is 13.4. The summed E-state index contributed by atoms with van der Waals surface area (Å²) < 4.78 is 2.02. The number of pyridine rings is 1. The molecule has 4 atom stereocenters. The van der Waals surface area contributed by atoms with Gasteiger partial charge in [-0.25, -0.2) is 9.78 Å². The third kappa shape index (κ3) is 1.53. The molecule has 5 nitrogen and oxygen atoms in total. The van der Waals surface area contributed by atoms with Crippen molar-refractivity contribution < 1.29 is 0 Å². The summed E-state index contributed by atoms with van der Waals surface area (Å²) in [6.07, 6.45) is 6.09. The number of hydrogen-bond acceptors (Lipinski definition) is 2. The number of fused-ring (bicyclic) bond motifs is 5. The zero-order valence-corrected chi connectivity index (χ0v) is 13.8. The molecular formula is C18H22N4O. The average Bonchev–Trinajstić information content (AvgIpc) is 3.09. The molecule has 3 aliphatic rings. The molecule has 6 rings (SSSR count). The Morgan fingerprint density at radius 3 is 2.91 bits per heavy atom. The van der Waals surface area contributed by atoms with Crippen molar-refractivity contribution in [3.05, 3.63) is 28.9 Å². The normalized spacial score (nSPS) is 32.3. The molecule has 3 fully saturated rings. The van der Waals surface area contributed by atoms with Gasteiger partial charge in [0.15, 0.2) is 0 Å². The van der Waals surface area contributed by atoms with Crippen LogP contribution in [-0.4, -0.2) is 19.5 Å². The summed E-state index contributed by atoms with van der Waals surface area (Å²) in [6, 6.07) is 2.31. The fraction of sp³-hybridized carbons (Fsp3) is 0.556. The van der Waals surface area contributed by atoms with Gasteiger partial charge in [0.05, 0.1) is 17.2 Å². The molecular weight excluding hydrogens is 288 g/mol. The van der Waals surface area contributed by atoms with Gasteiger partial charge in [-0.05, 0) is 42.1 Å². The van der Waals surface area contributed by atoms with Gasteiger partial charge in [0.1, 0.15) is 5.65 Å². The van der Waals surface area contributed by atoms with Crippen molar-refractivity contribution in [2.24, 2.45) is 23.2 Å². The van der Waals surface area contributed by atoms with Crippen molar-refractivity contribution in [2.45, 2.75) is 39.7 Å². The Balaban J connectivity index is 1.73. The lowest BCUT2D eigenvalue weighted by Crippen LogP contribution is -2.55. The molecule has 3 saturated carbocycles. The van der Waals surface area contributed by atoms with E-state index in [9.17, 15) is 4.79 Å². The van der Waals surface area contributed by atoms with Crippen LogP contribution in [0.5, 0.6) is 0 Å². The first-order valence-corrected chi connectivity index (χ1v) is 8.55. The van der Waals surface area contributed by atoms with Crippen LogP contribution in [0.15, 0.2) is 23.3 Å². The van der Waals surface area contributed by atoms with E-state index in [2.05, 4.69) is 35.7 Å². The maximum atomic E-state index is 12.7. The van der Waals surface area contributed by atoms with Crippen LogP contribution in [0.1, 0.15) is 39.7 Å². The van der Waals surface area contributed by atoms with Gasteiger partial charge in [-0.1, -0.05) is 20.8 Å². The van der Waals surface area contributed by atoms with Gasteiger partial charge in [0.2, 0.25) is 0 Å². The zero-order chi connectivity index (χ0) is 15.9. The monoisotopic (exact) mass is 310 g/mol. The summed E-state index contributed by atoms with van der Waals surface area (Å²) in [6.45, 7) is 7.11. The van der Waals surface area contributed by atoms with Gasteiger partial charge in [-0.15, -0.1) is 0 Å². The molecule has 0 amide bonds. The Labute approximate surface area is 134 Å². The first-order chi connectivity index (χ1) is 11.0. The number of nitrogens with zero attached hydrogens (tertiary/aromatic N) is 2. The molecule has 2 bridgehead atoms. The first-order valence-electron chi connectivity index (χ1n) is 8.55. The highest BCUT2D eigenvalue weighted by Gasteiger charge is 2.56. The highest BCUT2D eigenvalue weighted by Crippen LogP contribution is 2.64. The lowest BCUT2D eigenvalue weighted by Gasteiger charge is -2.62. The predicted octanol–water partition coefficient (Wildman–Crippen LogP) is 3.45. The average molecular weight is 310 g/mol. The number of aromatic nitrogens is 4. The van der Waals surface area contributed by atoms with E-state index in [-0.39, 0.29) is 11.7 Å². The minimum Gasteiger partial charge on any atom is -0.346 e. The maximum Gasteiger partial charge on any atom is 0.326 e. The molecule has 3 aromatic heterocycles. The van der Waals surface area contributed by atoms with Crippen LogP contribution in [0.2, 0.25) is 0 Å². The van der Waals surface area contributed by atoms with Crippen LogP contribution in [0, 0.1) is 23.2 Å². The van der Waals surface area contributed by atoms with E-state index in [1.165, 1.54) is 6.42 Å². The van der Waals surface area contributed by atoms with Gasteiger partial charge in [0.25, 0.3) is 0 Å². The van der Waals surface area contributed by atoms with Crippen LogP contribution in [-0.2, 0) is 0 Å². The predicted molar refractivity (Wildman–Crippen MR) is 90.4 cm³/mol. The van der Waals surface area contributed by atoms with E-state index in [1.807, 2.05) is 16.8 Å². The van der Waals surface area contributed by atoms with Crippen LogP contribution >= 0.6 is 0 Å². The van der Waals surface area contributed by atoms with Crippen molar-refractivity contribution in [3.8, 4) is 0 Å². The lowest BCUT2D eigenvalue weighted by atomic mass is 9.44.